The highest BCUT2D eigenvalue weighted by Gasteiger charge is 2.06. The fraction of sp³-hybridized carbons (Fsp3) is 0.0714. The first-order valence-electron chi connectivity index (χ1n) is 5.81. The van der Waals surface area contributed by atoms with E-state index in [1.165, 1.54) is 6.07 Å². The van der Waals surface area contributed by atoms with Crippen LogP contribution in [0.4, 0.5) is 4.39 Å². The highest BCUT2D eigenvalue weighted by molar-refractivity contribution is 6.31. The molecule has 0 aliphatic carbocycles. The average Bonchev–Trinajstić information content (AvgIpc) is 2.83. The Morgan fingerprint density at radius 3 is 2.63 bits per heavy atom. The molecule has 1 heterocycles. The normalized spacial score (nSPS) is 11.1. The van der Waals surface area contributed by atoms with Crippen LogP contribution in [0.5, 0.6) is 0 Å². The van der Waals surface area contributed by atoms with Crippen molar-refractivity contribution in [2.75, 3.05) is 0 Å². The number of H-pyrrole nitrogens is 1. The van der Waals surface area contributed by atoms with Crippen molar-refractivity contribution < 1.29 is 4.39 Å². The number of nitrogens with two attached hydrogens (primary N) is 1. The van der Waals surface area contributed by atoms with Crippen LogP contribution >= 0.6 is 11.6 Å². The van der Waals surface area contributed by atoms with E-state index in [4.69, 9.17) is 17.3 Å². The van der Waals surface area contributed by atoms with E-state index >= 15 is 0 Å². The van der Waals surface area contributed by atoms with E-state index in [1.54, 1.807) is 12.1 Å². The summed E-state index contributed by atoms with van der Waals surface area (Å²) < 4.78 is 13.2. The lowest BCUT2D eigenvalue weighted by Crippen LogP contribution is -1.97. The largest absolute Gasteiger partial charge is 0.341 e. The summed E-state index contributed by atoms with van der Waals surface area (Å²) in [5.74, 6) is 0.322. The van der Waals surface area contributed by atoms with Crippen LogP contribution in [0, 0.1) is 5.82 Å². The summed E-state index contributed by atoms with van der Waals surface area (Å²) in [6.07, 6.45) is 0. The SMILES string of the molecule is NCc1nc2ccc(-c3ccc(F)c(Cl)c3)cc2[nH]1. The first-order valence-corrected chi connectivity index (χ1v) is 6.19. The number of aromatic nitrogens is 2. The number of halogens is 2. The van der Waals surface area contributed by atoms with Crippen molar-refractivity contribution in [3.8, 4) is 11.1 Å². The lowest BCUT2D eigenvalue weighted by molar-refractivity contribution is 0.628. The van der Waals surface area contributed by atoms with Gasteiger partial charge in [-0.15, -0.1) is 0 Å². The van der Waals surface area contributed by atoms with Crippen LogP contribution < -0.4 is 5.73 Å². The molecule has 0 amide bonds. The average molecular weight is 276 g/mol. The number of rotatable bonds is 2. The van der Waals surface area contributed by atoms with Crippen LogP contribution in [0.25, 0.3) is 22.2 Å². The molecule has 3 N–H and O–H groups in total. The van der Waals surface area contributed by atoms with Crippen molar-refractivity contribution in [2.24, 2.45) is 5.73 Å². The van der Waals surface area contributed by atoms with Crippen molar-refractivity contribution in [3.05, 3.63) is 53.1 Å². The fourth-order valence-corrected chi connectivity index (χ4v) is 2.19. The summed E-state index contributed by atoms with van der Waals surface area (Å²) in [6.45, 7) is 0.367. The minimum atomic E-state index is -0.418. The molecule has 0 aliphatic rings. The highest BCUT2D eigenvalue weighted by atomic mass is 35.5. The molecule has 0 unspecified atom stereocenters. The molecule has 19 heavy (non-hydrogen) atoms. The maximum Gasteiger partial charge on any atom is 0.141 e. The van der Waals surface area contributed by atoms with Crippen LogP contribution in [0.3, 0.4) is 0 Å². The summed E-state index contributed by atoms with van der Waals surface area (Å²) in [4.78, 5) is 7.47. The van der Waals surface area contributed by atoms with Crippen molar-refractivity contribution in [1.29, 1.82) is 0 Å². The van der Waals surface area contributed by atoms with Crippen LogP contribution in [0.2, 0.25) is 5.02 Å². The first kappa shape index (κ1) is 12.1. The zero-order valence-electron chi connectivity index (χ0n) is 9.95. The number of hydrogen-bond donors (Lipinski definition) is 2. The van der Waals surface area contributed by atoms with Gasteiger partial charge < -0.3 is 10.7 Å². The summed E-state index contributed by atoms with van der Waals surface area (Å²) in [5, 5.41) is 0.116. The second-order valence-corrected chi connectivity index (χ2v) is 4.66. The van der Waals surface area contributed by atoms with E-state index in [0.717, 1.165) is 28.0 Å². The molecule has 0 aliphatic heterocycles. The summed E-state index contributed by atoms with van der Waals surface area (Å²) >= 11 is 5.80. The number of nitrogens with zero attached hydrogens (tertiary/aromatic N) is 1. The number of benzene rings is 2. The number of hydrogen-bond acceptors (Lipinski definition) is 2. The van der Waals surface area contributed by atoms with Gasteiger partial charge in [-0.1, -0.05) is 23.7 Å². The van der Waals surface area contributed by atoms with Crippen molar-refractivity contribution >= 4 is 22.6 Å². The maximum absolute atomic E-state index is 13.2. The van der Waals surface area contributed by atoms with Crippen LogP contribution in [-0.2, 0) is 6.54 Å². The predicted molar refractivity (Wildman–Crippen MR) is 74.4 cm³/mol. The minimum Gasteiger partial charge on any atom is -0.341 e. The van der Waals surface area contributed by atoms with Gasteiger partial charge in [0.05, 0.1) is 22.6 Å². The monoisotopic (exact) mass is 275 g/mol. The van der Waals surface area contributed by atoms with Crippen molar-refractivity contribution in [3.63, 3.8) is 0 Å². The molecule has 0 atom stereocenters. The van der Waals surface area contributed by atoms with Gasteiger partial charge in [0.15, 0.2) is 0 Å². The molecule has 5 heteroatoms. The van der Waals surface area contributed by atoms with E-state index in [9.17, 15) is 4.39 Å². The molecular weight excluding hydrogens is 265 g/mol. The molecule has 3 rings (SSSR count). The summed E-state index contributed by atoms with van der Waals surface area (Å²) in [6, 6.07) is 10.4. The molecule has 1 aromatic heterocycles. The number of imidazole rings is 1. The molecule has 0 bridgehead atoms. The van der Waals surface area contributed by atoms with Gasteiger partial charge in [-0.3, -0.25) is 0 Å². The van der Waals surface area contributed by atoms with Gasteiger partial charge >= 0.3 is 0 Å². The Labute approximate surface area is 114 Å². The molecule has 0 saturated carbocycles. The zero-order valence-corrected chi connectivity index (χ0v) is 10.7. The fourth-order valence-electron chi connectivity index (χ4n) is 2.01. The molecule has 3 nitrogen and oxygen atoms in total. The molecule has 0 saturated heterocycles. The molecule has 3 aromatic rings. The van der Waals surface area contributed by atoms with Gasteiger partial charge in [-0.2, -0.15) is 0 Å². The Bertz CT molecular complexity index is 752. The summed E-state index contributed by atoms with van der Waals surface area (Å²) in [5.41, 5.74) is 9.11. The maximum atomic E-state index is 13.2. The summed E-state index contributed by atoms with van der Waals surface area (Å²) in [7, 11) is 0. The van der Waals surface area contributed by atoms with E-state index in [-0.39, 0.29) is 5.02 Å². The Hall–Kier alpha value is -1.91. The number of nitrogens with one attached hydrogen (secondary N) is 1. The topological polar surface area (TPSA) is 54.7 Å². The van der Waals surface area contributed by atoms with Gasteiger partial charge in [0, 0.05) is 0 Å². The molecule has 0 fully saturated rings. The van der Waals surface area contributed by atoms with Crippen LogP contribution in [0.15, 0.2) is 36.4 Å². The van der Waals surface area contributed by atoms with E-state index in [2.05, 4.69) is 9.97 Å². The first-order chi connectivity index (χ1) is 9.17. The van der Waals surface area contributed by atoms with Crippen LogP contribution in [0.1, 0.15) is 5.82 Å². The third-order valence-electron chi connectivity index (χ3n) is 2.98. The van der Waals surface area contributed by atoms with E-state index in [0.29, 0.717) is 6.54 Å². The van der Waals surface area contributed by atoms with Gasteiger partial charge in [-0.25, -0.2) is 9.37 Å². The smallest absolute Gasteiger partial charge is 0.141 e. The lowest BCUT2D eigenvalue weighted by atomic mass is 10.1. The zero-order chi connectivity index (χ0) is 13.4. The highest BCUT2D eigenvalue weighted by Crippen LogP contribution is 2.27. The third-order valence-corrected chi connectivity index (χ3v) is 3.27. The number of fused-ring (bicyclic) bond motifs is 1. The molecular formula is C14H11ClFN3. The second kappa shape index (κ2) is 4.64. The Kier molecular flexibility index (Phi) is 2.97. The number of aromatic amines is 1. The van der Waals surface area contributed by atoms with Gasteiger partial charge in [0.25, 0.3) is 0 Å². The van der Waals surface area contributed by atoms with Gasteiger partial charge in [0.1, 0.15) is 11.6 Å². The molecule has 0 spiro atoms. The van der Waals surface area contributed by atoms with Crippen LogP contribution in [-0.4, -0.2) is 9.97 Å². The molecule has 96 valence electrons. The van der Waals surface area contributed by atoms with E-state index in [1.807, 2.05) is 18.2 Å². The minimum absolute atomic E-state index is 0.116. The standard InChI is InChI=1S/C14H11ClFN3/c15-10-5-8(1-3-11(10)16)9-2-4-12-13(6-9)19-14(7-17)18-12/h1-6H,7,17H2,(H,18,19). The Morgan fingerprint density at radius 1 is 1.16 bits per heavy atom. The quantitative estimate of drug-likeness (QED) is 0.752. The molecule has 0 radical (unpaired) electrons. The van der Waals surface area contributed by atoms with Crippen molar-refractivity contribution in [1.82, 2.24) is 9.97 Å². The second-order valence-electron chi connectivity index (χ2n) is 4.25. The predicted octanol–water partition coefficient (Wildman–Crippen LogP) is 3.48. The Morgan fingerprint density at radius 2 is 1.89 bits per heavy atom. The van der Waals surface area contributed by atoms with Gasteiger partial charge in [-0.05, 0) is 35.4 Å². The van der Waals surface area contributed by atoms with E-state index < -0.39 is 5.82 Å². The van der Waals surface area contributed by atoms with Crippen molar-refractivity contribution in [2.45, 2.75) is 6.54 Å². The van der Waals surface area contributed by atoms with Gasteiger partial charge in [0.2, 0.25) is 0 Å². The third kappa shape index (κ3) is 2.20. The molecule has 2 aromatic carbocycles. The Balaban J connectivity index is 2.11. The lowest BCUT2D eigenvalue weighted by Gasteiger charge is -2.03.